The Kier molecular flexibility index (Phi) is 4.89. The molecule has 25 heavy (non-hydrogen) atoms. The summed E-state index contributed by atoms with van der Waals surface area (Å²) < 4.78 is 17.7. The number of rotatable bonds is 6. The van der Waals surface area contributed by atoms with Crippen LogP contribution in [0.3, 0.4) is 0 Å². The second kappa shape index (κ2) is 7.43. The number of hydrogen-bond donors (Lipinski definition) is 0. The highest BCUT2D eigenvalue weighted by atomic mass is 16.6. The van der Waals surface area contributed by atoms with E-state index in [2.05, 4.69) is 15.5 Å². The highest BCUT2D eigenvalue weighted by Gasteiger charge is 2.19. The molecule has 0 saturated carbocycles. The third-order valence-electron chi connectivity index (χ3n) is 3.35. The highest BCUT2D eigenvalue weighted by Crippen LogP contribution is 2.27. The van der Waals surface area contributed by atoms with Gasteiger partial charge in [-0.05, 0) is 41.6 Å². The Bertz CT molecular complexity index is 851. The third kappa shape index (κ3) is 3.92. The fraction of sp³-hybridized carbons (Fsp3) is 0.176. The number of methoxy groups -OCH3 is 1. The minimum Gasteiger partial charge on any atom is -0.493 e. The lowest BCUT2D eigenvalue weighted by Crippen LogP contribution is -2.28. The maximum Gasteiger partial charge on any atom is 0.352 e. The molecular weight excluding hydrogens is 324 g/mol. The van der Waals surface area contributed by atoms with Crippen LogP contribution in [-0.2, 0) is 4.79 Å². The van der Waals surface area contributed by atoms with Crippen LogP contribution in [0.4, 0.5) is 0 Å². The second-order valence-electron chi connectivity index (χ2n) is 5.08. The lowest BCUT2D eigenvalue weighted by atomic mass is 10.3. The van der Waals surface area contributed by atoms with Crippen molar-refractivity contribution >= 4 is 5.97 Å². The number of esters is 1. The van der Waals surface area contributed by atoms with Gasteiger partial charge < -0.3 is 14.2 Å². The molecule has 0 fully saturated rings. The van der Waals surface area contributed by atoms with Gasteiger partial charge in [-0.2, -0.15) is 0 Å². The van der Waals surface area contributed by atoms with Crippen molar-refractivity contribution in [2.24, 2.45) is 0 Å². The van der Waals surface area contributed by atoms with Gasteiger partial charge in [-0.25, -0.2) is 9.48 Å². The van der Waals surface area contributed by atoms with E-state index in [4.69, 9.17) is 14.2 Å². The fourth-order valence-corrected chi connectivity index (χ4v) is 2.12. The largest absolute Gasteiger partial charge is 0.493 e. The Hall–Kier alpha value is -3.42. The molecule has 1 heterocycles. The van der Waals surface area contributed by atoms with Crippen LogP contribution < -0.4 is 14.2 Å². The first-order valence-corrected chi connectivity index (χ1v) is 7.52. The summed E-state index contributed by atoms with van der Waals surface area (Å²) in [5.74, 6) is 0.855. The molecule has 1 aromatic heterocycles. The zero-order valence-corrected chi connectivity index (χ0v) is 13.7. The lowest BCUT2D eigenvalue weighted by molar-refractivity contribution is -0.141. The molecule has 2 aromatic carbocycles. The van der Waals surface area contributed by atoms with E-state index in [0.29, 0.717) is 22.9 Å². The van der Waals surface area contributed by atoms with E-state index in [9.17, 15) is 4.79 Å². The Morgan fingerprint density at radius 3 is 2.64 bits per heavy atom. The zero-order chi connectivity index (χ0) is 17.6. The molecule has 3 rings (SSSR count). The van der Waals surface area contributed by atoms with Gasteiger partial charge >= 0.3 is 5.97 Å². The Balaban J connectivity index is 1.68. The van der Waals surface area contributed by atoms with Crippen molar-refractivity contribution in [2.75, 3.05) is 7.11 Å². The van der Waals surface area contributed by atoms with Crippen molar-refractivity contribution in [1.82, 2.24) is 20.2 Å². The SMILES string of the molecule is COc1ccccc1O[C@H](C)C(=O)Oc1cccc(-n2cnnn2)c1. The normalized spacial score (nSPS) is 11.6. The monoisotopic (exact) mass is 340 g/mol. The summed E-state index contributed by atoms with van der Waals surface area (Å²) in [6, 6.07) is 14.0. The predicted octanol–water partition coefficient (Wildman–Crippen LogP) is 2.04. The molecule has 8 nitrogen and oxygen atoms in total. The topological polar surface area (TPSA) is 88.4 Å². The average Bonchev–Trinajstić information content (AvgIpc) is 3.17. The van der Waals surface area contributed by atoms with E-state index in [1.54, 1.807) is 49.4 Å². The minimum atomic E-state index is -0.812. The number of hydrogen-bond acceptors (Lipinski definition) is 7. The van der Waals surface area contributed by atoms with Crippen LogP contribution in [0.1, 0.15) is 6.92 Å². The molecular formula is C17H16N4O4. The summed E-state index contributed by atoms with van der Waals surface area (Å²) in [6.07, 6.45) is 0.641. The van der Waals surface area contributed by atoms with Gasteiger partial charge in [-0.15, -0.1) is 5.10 Å². The average molecular weight is 340 g/mol. The third-order valence-corrected chi connectivity index (χ3v) is 3.35. The van der Waals surface area contributed by atoms with E-state index in [1.807, 2.05) is 6.07 Å². The molecule has 0 aliphatic carbocycles. The maximum absolute atomic E-state index is 12.3. The predicted molar refractivity (Wildman–Crippen MR) is 87.9 cm³/mol. The molecule has 128 valence electrons. The van der Waals surface area contributed by atoms with E-state index < -0.39 is 12.1 Å². The van der Waals surface area contributed by atoms with Crippen molar-refractivity contribution < 1.29 is 19.0 Å². The van der Waals surface area contributed by atoms with Crippen molar-refractivity contribution in [3.63, 3.8) is 0 Å². The fourth-order valence-electron chi connectivity index (χ4n) is 2.12. The van der Waals surface area contributed by atoms with Crippen LogP contribution >= 0.6 is 0 Å². The quantitative estimate of drug-likeness (QED) is 0.501. The van der Waals surface area contributed by atoms with Crippen molar-refractivity contribution in [2.45, 2.75) is 13.0 Å². The number of para-hydroxylation sites is 2. The molecule has 8 heteroatoms. The summed E-state index contributed by atoms with van der Waals surface area (Å²) in [5.41, 5.74) is 0.675. The van der Waals surface area contributed by atoms with Crippen LogP contribution in [0.25, 0.3) is 5.69 Å². The van der Waals surface area contributed by atoms with Gasteiger partial charge in [0.1, 0.15) is 12.1 Å². The molecule has 0 unspecified atom stereocenters. The Labute approximate surface area is 143 Å². The number of ether oxygens (including phenoxy) is 3. The minimum absolute atomic E-state index is 0.369. The molecule has 3 aromatic rings. The maximum atomic E-state index is 12.3. The first-order valence-electron chi connectivity index (χ1n) is 7.52. The van der Waals surface area contributed by atoms with E-state index in [-0.39, 0.29) is 0 Å². The van der Waals surface area contributed by atoms with E-state index >= 15 is 0 Å². The molecule has 0 aliphatic heterocycles. The van der Waals surface area contributed by atoms with E-state index in [0.717, 1.165) is 0 Å². The second-order valence-corrected chi connectivity index (χ2v) is 5.08. The number of nitrogens with zero attached hydrogens (tertiary/aromatic N) is 4. The number of carbonyl (C=O) groups is 1. The van der Waals surface area contributed by atoms with E-state index in [1.165, 1.54) is 18.1 Å². The van der Waals surface area contributed by atoms with Gasteiger partial charge in [-0.3, -0.25) is 0 Å². The summed E-state index contributed by atoms with van der Waals surface area (Å²) in [4.78, 5) is 12.3. The molecule has 0 N–H and O–H groups in total. The summed E-state index contributed by atoms with van der Waals surface area (Å²) in [7, 11) is 1.54. The molecule has 0 saturated heterocycles. The van der Waals surface area contributed by atoms with Crippen LogP contribution in [0.15, 0.2) is 54.9 Å². The highest BCUT2D eigenvalue weighted by molar-refractivity contribution is 5.77. The molecule has 0 amide bonds. The van der Waals surface area contributed by atoms with Gasteiger partial charge in [0.2, 0.25) is 0 Å². The van der Waals surface area contributed by atoms with Gasteiger partial charge in [-0.1, -0.05) is 18.2 Å². The zero-order valence-electron chi connectivity index (χ0n) is 13.7. The summed E-state index contributed by atoms with van der Waals surface area (Å²) in [6.45, 7) is 1.61. The van der Waals surface area contributed by atoms with Crippen LogP contribution in [-0.4, -0.2) is 39.4 Å². The van der Waals surface area contributed by atoms with Crippen LogP contribution in [0, 0.1) is 0 Å². The molecule has 1 atom stereocenters. The smallest absolute Gasteiger partial charge is 0.352 e. The van der Waals surface area contributed by atoms with Gasteiger partial charge in [0.25, 0.3) is 0 Å². The van der Waals surface area contributed by atoms with Crippen LogP contribution in [0.5, 0.6) is 17.2 Å². The van der Waals surface area contributed by atoms with Crippen LogP contribution in [0.2, 0.25) is 0 Å². The Morgan fingerprint density at radius 1 is 1.12 bits per heavy atom. The van der Waals surface area contributed by atoms with Gasteiger partial charge in [0, 0.05) is 6.07 Å². The molecule has 0 aliphatic rings. The molecule has 0 bridgehead atoms. The first kappa shape index (κ1) is 16.4. The Morgan fingerprint density at radius 2 is 1.92 bits per heavy atom. The number of tetrazole rings is 1. The number of benzene rings is 2. The number of carbonyl (C=O) groups excluding carboxylic acids is 1. The first-order chi connectivity index (χ1) is 12.2. The van der Waals surface area contributed by atoms with Crippen molar-refractivity contribution in [1.29, 1.82) is 0 Å². The lowest BCUT2D eigenvalue weighted by Gasteiger charge is -2.16. The standard InChI is InChI=1S/C17H16N4O4/c1-12(24-16-9-4-3-8-15(16)23-2)17(22)25-14-7-5-6-13(10-14)21-11-18-19-20-21/h3-12H,1-2H3/t12-/m1/s1. The van der Waals surface area contributed by atoms with Crippen molar-refractivity contribution in [3.8, 4) is 22.9 Å². The number of aromatic nitrogens is 4. The molecule has 0 radical (unpaired) electrons. The summed E-state index contributed by atoms with van der Waals surface area (Å²) >= 11 is 0. The van der Waals surface area contributed by atoms with Gasteiger partial charge in [0.05, 0.1) is 12.8 Å². The van der Waals surface area contributed by atoms with Gasteiger partial charge in [0.15, 0.2) is 17.6 Å². The molecule has 0 spiro atoms. The van der Waals surface area contributed by atoms with Crippen molar-refractivity contribution in [3.05, 3.63) is 54.9 Å². The summed E-state index contributed by atoms with van der Waals surface area (Å²) in [5, 5.41) is 10.9.